The van der Waals surface area contributed by atoms with Gasteiger partial charge in [-0.05, 0) is 30.2 Å². The van der Waals surface area contributed by atoms with Crippen LogP contribution in [0.25, 0.3) is 0 Å². The van der Waals surface area contributed by atoms with Crippen LogP contribution in [0.2, 0.25) is 0 Å². The smallest absolute Gasteiger partial charge is 0.341 e. The lowest BCUT2D eigenvalue weighted by atomic mass is 10.2. The molecule has 0 aromatic carbocycles. The Bertz CT molecular complexity index is 597. The molecule has 1 aliphatic rings. The van der Waals surface area contributed by atoms with Gasteiger partial charge in [0.1, 0.15) is 4.88 Å². The molecule has 112 valence electrons. The number of nitrogens with one attached hydrogen (secondary N) is 1. The van der Waals surface area contributed by atoms with E-state index in [9.17, 15) is 22.0 Å². The van der Waals surface area contributed by atoms with E-state index in [-0.39, 0.29) is 17.5 Å². The maximum Gasteiger partial charge on any atom is 0.341 e. The Hall–Kier alpha value is -1.06. The zero-order valence-corrected chi connectivity index (χ0v) is 12.0. The monoisotopic (exact) mass is 324 g/mol. The molecular weight excluding hydrogens is 310 g/mol. The van der Waals surface area contributed by atoms with Crippen LogP contribution in [-0.4, -0.2) is 32.7 Å². The van der Waals surface area contributed by atoms with Gasteiger partial charge < -0.3 is 11.1 Å². The van der Waals surface area contributed by atoms with E-state index in [1.807, 2.05) is 0 Å². The zero-order valence-electron chi connectivity index (χ0n) is 10.4. The highest BCUT2D eigenvalue weighted by Gasteiger charge is 2.33. The average molecular weight is 324 g/mol. The molecule has 1 aromatic heterocycles. The van der Waals surface area contributed by atoms with Crippen molar-refractivity contribution >= 4 is 27.1 Å². The first-order chi connectivity index (χ1) is 9.34. The van der Waals surface area contributed by atoms with Crippen molar-refractivity contribution in [1.82, 2.24) is 5.32 Å². The molecule has 2 rings (SSSR count). The molecule has 1 amide bonds. The Kier molecular flexibility index (Phi) is 4.40. The number of hydrogen-bond donors (Lipinski definition) is 2. The van der Waals surface area contributed by atoms with Crippen LogP contribution < -0.4 is 11.1 Å². The third kappa shape index (κ3) is 3.15. The van der Waals surface area contributed by atoms with E-state index in [1.54, 1.807) is 0 Å². The topological polar surface area (TPSA) is 89.3 Å². The zero-order chi connectivity index (χ0) is 14.9. The van der Waals surface area contributed by atoms with Crippen molar-refractivity contribution in [2.45, 2.75) is 29.5 Å². The molecule has 0 radical (unpaired) electrons. The fourth-order valence-corrected chi connectivity index (χ4v) is 3.85. The predicted octanol–water partition coefficient (Wildman–Crippen LogP) is 1.21. The number of sulfone groups is 1. The quantitative estimate of drug-likeness (QED) is 0.823. The van der Waals surface area contributed by atoms with Gasteiger partial charge in [-0.1, -0.05) is 0 Å². The number of amides is 1. The Morgan fingerprint density at radius 3 is 2.70 bits per heavy atom. The third-order valence-corrected chi connectivity index (χ3v) is 5.57. The van der Waals surface area contributed by atoms with Crippen molar-refractivity contribution in [2.24, 2.45) is 11.7 Å². The highest BCUT2D eigenvalue weighted by atomic mass is 32.2. The summed E-state index contributed by atoms with van der Waals surface area (Å²) in [6, 6.07) is 0.830. The molecule has 1 unspecified atom stereocenters. The maximum absolute atomic E-state index is 12.5. The molecule has 1 heterocycles. The normalized spacial score (nSPS) is 17.2. The number of hydrogen-bond acceptors (Lipinski definition) is 5. The number of carbonyl (C=O) groups excluding carboxylic acids is 1. The van der Waals surface area contributed by atoms with Crippen LogP contribution in [0.3, 0.4) is 0 Å². The van der Waals surface area contributed by atoms with Crippen LogP contribution in [0.4, 0.5) is 8.78 Å². The van der Waals surface area contributed by atoms with Gasteiger partial charge in [-0.2, -0.15) is 8.78 Å². The summed E-state index contributed by atoms with van der Waals surface area (Å²) in [5.74, 6) is -3.85. The van der Waals surface area contributed by atoms with Crippen molar-refractivity contribution in [3.05, 3.63) is 16.3 Å². The van der Waals surface area contributed by atoms with Gasteiger partial charge in [-0.15, -0.1) is 11.3 Å². The van der Waals surface area contributed by atoms with Crippen LogP contribution in [0, 0.1) is 5.92 Å². The molecule has 9 heteroatoms. The number of nitrogens with two attached hydrogens (primary N) is 1. The molecule has 1 aromatic rings. The average Bonchev–Trinajstić information content (AvgIpc) is 3.11. The number of halogens is 2. The molecule has 3 N–H and O–H groups in total. The standard InChI is InChI=1S/C11H14F2N2O3S2/c12-11(13)20(17,18)8-3-4-19-9(8)10(16)15-5-7(14)6-1-2-6/h3-4,6-7,11H,1-2,5,14H2,(H,15,16). The lowest BCUT2D eigenvalue weighted by Gasteiger charge is -2.11. The van der Waals surface area contributed by atoms with E-state index in [4.69, 9.17) is 5.73 Å². The van der Waals surface area contributed by atoms with Gasteiger partial charge in [0.05, 0.1) is 4.90 Å². The van der Waals surface area contributed by atoms with Crippen LogP contribution in [0.5, 0.6) is 0 Å². The molecule has 1 fully saturated rings. The predicted molar refractivity (Wildman–Crippen MR) is 70.5 cm³/mol. The summed E-state index contributed by atoms with van der Waals surface area (Å²) >= 11 is 0.812. The van der Waals surface area contributed by atoms with E-state index in [1.165, 1.54) is 5.38 Å². The summed E-state index contributed by atoms with van der Waals surface area (Å²) in [4.78, 5) is 11.0. The second kappa shape index (κ2) is 5.74. The first-order valence-electron chi connectivity index (χ1n) is 5.97. The van der Waals surface area contributed by atoms with Crippen LogP contribution in [0.15, 0.2) is 16.3 Å². The molecule has 1 atom stereocenters. The fraction of sp³-hybridized carbons (Fsp3) is 0.545. The van der Waals surface area contributed by atoms with E-state index in [0.717, 1.165) is 30.2 Å². The molecule has 0 saturated heterocycles. The molecular formula is C11H14F2N2O3S2. The Labute approximate surface area is 119 Å². The minimum absolute atomic E-state index is 0.186. The van der Waals surface area contributed by atoms with Crippen LogP contribution in [-0.2, 0) is 9.84 Å². The molecule has 0 bridgehead atoms. The molecule has 20 heavy (non-hydrogen) atoms. The highest BCUT2D eigenvalue weighted by molar-refractivity contribution is 7.92. The lowest BCUT2D eigenvalue weighted by molar-refractivity contribution is 0.0951. The Morgan fingerprint density at radius 2 is 2.15 bits per heavy atom. The van der Waals surface area contributed by atoms with E-state index in [2.05, 4.69) is 5.32 Å². The molecule has 1 saturated carbocycles. The molecule has 0 spiro atoms. The van der Waals surface area contributed by atoms with Gasteiger partial charge in [0.2, 0.25) is 9.84 Å². The number of thiophene rings is 1. The van der Waals surface area contributed by atoms with Gasteiger partial charge in [-0.25, -0.2) is 8.42 Å². The van der Waals surface area contributed by atoms with Crippen molar-refractivity contribution in [1.29, 1.82) is 0 Å². The van der Waals surface area contributed by atoms with Gasteiger partial charge in [0, 0.05) is 12.6 Å². The SMILES string of the molecule is NC(CNC(=O)c1sccc1S(=O)(=O)C(F)F)C1CC1. The molecule has 0 aliphatic heterocycles. The molecule has 1 aliphatic carbocycles. The van der Waals surface area contributed by atoms with Crippen molar-refractivity contribution in [2.75, 3.05) is 6.54 Å². The second-order valence-electron chi connectivity index (χ2n) is 4.63. The lowest BCUT2D eigenvalue weighted by Crippen LogP contribution is -2.38. The number of alkyl halides is 2. The van der Waals surface area contributed by atoms with Gasteiger partial charge in [0.15, 0.2) is 0 Å². The summed E-state index contributed by atoms with van der Waals surface area (Å²) in [6.45, 7) is 0.204. The van der Waals surface area contributed by atoms with Crippen LogP contribution >= 0.6 is 11.3 Å². The van der Waals surface area contributed by atoms with Gasteiger partial charge in [-0.3, -0.25) is 4.79 Å². The third-order valence-electron chi connectivity index (χ3n) is 3.10. The van der Waals surface area contributed by atoms with E-state index < -0.39 is 26.4 Å². The minimum atomic E-state index is -4.77. The maximum atomic E-state index is 12.5. The van der Waals surface area contributed by atoms with Crippen molar-refractivity contribution in [3.63, 3.8) is 0 Å². The first kappa shape index (κ1) is 15.3. The largest absolute Gasteiger partial charge is 0.350 e. The summed E-state index contributed by atoms with van der Waals surface area (Å²) in [5.41, 5.74) is 5.80. The van der Waals surface area contributed by atoms with E-state index >= 15 is 0 Å². The van der Waals surface area contributed by atoms with Gasteiger partial charge in [0.25, 0.3) is 5.91 Å². The van der Waals surface area contributed by atoms with Crippen molar-refractivity contribution in [3.8, 4) is 0 Å². The minimum Gasteiger partial charge on any atom is -0.350 e. The first-order valence-corrected chi connectivity index (χ1v) is 8.40. The van der Waals surface area contributed by atoms with Crippen molar-refractivity contribution < 1.29 is 22.0 Å². The highest BCUT2D eigenvalue weighted by Crippen LogP contribution is 2.31. The van der Waals surface area contributed by atoms with Gasteiger partial charge >= 0.3 is 5.76 Å². The fourth-order valence-electron chi connectivity index (χ4n) is 1.76. The summed E-state index contributed by atoms with van der Waals surface area (Å²) in [6.07, 6.45) is 2.03. The summed E-state index contributed by atoms with van der Waals surface area (Å²) in [5, 5.41) is 3.79. The molecule has 5 nitrogen and oxygen atoms in total. The Morgan fingerprint density at radius 1 is 1.50 bits per heavy atom. The summed E-state index contributed by atoms with van der Waals surface area (Å²) in [7, 11) is -4.77. The number of rotatable bonds is 6. The van der Waals surface area contributed by atoms with Crippen LogP contribution in [0.1, 0.15) is 22.5 Å². The summed E-state index contributed by atoms with van der Waals surface area (Å²) < 4.78 is 47.9. The number of carbonyl (C=O) groups is 1. The second-order valence-corrected chi connectivity index (χ2v) is 7.43. The Balaban J connectivity index is 2.09. The van der Waals surface area contributed by atoms with E-state index in [0.29, 0.717) is 5.92 Å².